The number of hydrogen-bond donors (Lipinski definition) is 1. The lowest BCUT2D eigenvalue weighted by Gasteiger charge is -2.23. The van der Waals surface area contributed by atoms with Gasteiger partial charge >= 0.3 is 0 Å². The van der Waals surface area contributed by atoms with Gasteiger partial charge < -0.3 is 10.1 Å². The van der Waals surface area contributed by atoms with E-state index in [-0.39, 0.29) is 11.4 Å². The number of benzene rings is 4. The van der Waals surface area contributed by atoms with Gasteiger partial charge in [0.1, 0.15) is 5.75 Å². The van der Waals surface area contributed by atoms with Crippen molar-refractivity contribution < 1.29 is 17.9 Å². The van der Waals surface area contributed by atoms with Crippen molar-refractivity contribution in [2.45, 2.75) is 11.4 Å². The van der Waals surface area contributed by atoms with Crippen molar-refractivity contribution in [3.8, 4) is 11.5 Å². The number of nitrogens with zero attached hydrogens (tertiary/aromatic N) is 1. The highest BCUT2D eigenvalue weighted by Crippen LogP contribution is 2.29. The van der Waals surface area contributed by atoms with Gasteiger partial charge in [0.05, 0.1) is 17.1 Å². The lowest BCUT2D eigenvalue weighted by molar-refractivity contribution is -0.116. The number of sulfonamides is 1. The predicted octanol–water partition coefficient (Wildman–Crippen LogP) is 6.72. The molecule has 0 aliphatic heterocycles. The number of hydrogen-bond acceptors (Lipinski definition) is 4. The molecule has 0 aromatic heterocycles. The Morgan fingerprint density at radius 3 is 2.22 bits per heavy atom. The summed E-state index contributed by atoms with van der Waals surface area (Å²) in [6.07, 6.45) is 0. The molecule has 0 fully saturated rings. The zero-order valence-electron chi connectivity index (χ0n) is 19.0. The maximum atomic E-state index is 13.5. The van der Waals surface area contributed by atoms with Gasteiger partial charge in [-0.25, -0.2) is 8.42 Å². The number of carbonyl (C=O) groups is 1. The van der Waals surface area contributed by atoms with Gasteiger partial charge in [-0.05, 0) is 60.2 Å². The molecule has 184 valence electrons. The molecule has 9 heteroatoms. The van der Waals surface area contributed by atoms with Gasteiger partial charge in [-0.2, -0.15) is 4.31 Å². The summed E-state index contributed by atoms with van der Waals surface area (Å²) in [5.41, 5.74) is 1.01. The van der Waals surface area contributed by atoms with Crippen LogP contribution in [0.5, 0.6) is 11.5 Å². The molecule has 0 saturated heterocycles. The zero-order chi connectivity index (χ0) is 25.5. The Balaban J connectivity index is 1.59. The van der Waals surface area contributed by atoms with Gasteiger partial charge in [0.2, 0.25) is 15.9 Å². The lowest BCUT2D eigenvalue weighted by Crippen LogP contribution is -2.37. The van der Waals surface area contributed by atoms with E-state index < -0.39 is 22.5 Å². The first-order valence-electron chi connectivity index (χ1n) is 10.9. The van der Waals surface area contributed by atoms with E-state index in [1.54, 1.807) is 72.8 Å². The fourth-order valence-corrected chi connectivity index (χ4v) is 5.26. The highest BCUT2D eigenvalue weighted by atomic mass is 79.9. The van der Waals surface area contributed by atoms with Gasteiger partial charge in [-0.15, -0.1) is 0 Å². The van der Waals surface area contributed by atoms with Crippen LogP contribution in [0.3, 0.4) is 0 Å². The zero-order valence-corrected chi connectivity index (χ0v) is 22.1. The second-order valence-corrected chi connectivity index (χ2v) is 11.0. The molecule has 0 spiro atoms. The molecule has 0 unspecified atom stereocenters. The number of rotatable bonds is 9. The first kappa shape index (κ1) is 25.9. The number of ether oxygens (including phenoxy) is 1. The maximum absolute atomic E-state index is 13.5. The summed E-state index contributed by atoms with van der Waals surface area (Å²) in [7, 11) is -4.02. The van der Waals surface area contributed by atoms with Crippen LogP contribution in [0.25, 0.3) is 0 Å². The Hall–Kier alpha value is -3.17. The monoisotopic (exact) mass is 584 g/mol. The number of amides is 1. The van der Waals surface area contributed by atoms with Crippen molar-refractivity contribution in [1.82, 2.24) is 4.31 Å². The molecule has 0 aliphatic carbocycles. The Morgan fingerprint density at radius 1 is 0.861 bits per heavy atom. The molecule has 4 aromatic carbocycles. The second kappa shape index (κ2) is 11.7. The van der Waals surface area contributed by atoms with Gasteiger partial charge in [0.25, 0.3) is 0 Å². The highest BCUT2D eigenvalue weighted by Gasteiger charge is 2.28. The molecule has 36 heavy (non-hydrogen) atoms. The predicted molar refractivity (Wildman–Crippen MR) is 145 cm³/mol. The molecule has 0 aliphatic rings. The lowest BCUT2D eigenvalue weighted by atomic mass is 10.2. The van der Waals surface area contributed by atoms with Crippen LogP contribution in [0.2, 0.25) is 5.02 Å². The number of carbonyl (C=O) groups excluding carboxylic acids is 1. The Bertz CT molecular complexity index is 1450. The van der Waals surface area contributed by atoms with Crippen LogP contribution in [-0.4, -0.2) is 25.2 Å². The van der Waals surface area contributed by atoms with E-state index in [2.05, 4.69) is 21.2 Å². The third-order valence-electron chi connectivity index (χ3n) is 5.21. The fraction of sp³-hybridized carbons (Fsp3) is 0.0741. The van der Waals surface area contributed by atoms with Crippen LogP contribution in [0.4, 0.5) is 5.69 Å². The summed E-state index contributed by atoms with van der Waals surface area (Å²) in [5, 5.41) is 3.20. The minimum absolute atomic E-state index is 0.0679. The first-order chi connectivity index (χ1) is 17.3. The highest BCUT2D eigenvalue weighted by molar-refractivity contribution is 9.10. The molecular formula is C27H22BrClN2O4S. The van der Waals surface area contributed by atoms with E-state index in [4.69, 9.17) is 16.3 Å². The quantitative estimate of drug-likeness (QED) is 0.236. The molecule has 0 heterocycles. The summed E-state index contributed by atoms with van der Waals surface area (Å²) in [5.74, 6) is 0.523. The molecular weight excluding hydrogens is 564 g/mol. The number of anilines is 1. The van der Waals surface area contributed by atoms with Gasteiger partial charge in [0.15, 0.2) is 5.75 Å². The van der Waals surface area contributed by atoms with Crippen molar-refractivity contribution >= 4 is 49.1 Å². The average Bonchev–Trinajstić information content (AvgIpc) is 2.87. The number of halogens is 2. The normalized spacial score (nSPS) is 11.3. The summed E-state index contributed by atoms with van der Waals surface area (Å²) in [4.78, 5) is 13.2. The molecule has 4 rings (SSSR count). The van der Waals surface area contributed by atoms with Crippen LogP contribution < -0.4 is 10.1 Å². The molecule has 0 bridgehead atoms. The summed E-state index contributed by atoms with van der Waals surface area (Å²) in [6.45, 7) is -0.503. The largest absolute Gasteiger partial charge is 0.455 e. The van der Waals surface area contributed by atoms with E-state index in [0.717, 1.165) is 8.78 Å². The molecule has 1 N–H and O–H groups in total. The van der Waals surface area contributed by atoms with Crippen LogP contribution >= 0.6 is 27.5 Å². The van der Waals surface area contributed by atoms with Crippen molar-refractivity contribution in [3.63, 3.8) is 0 Å². The Labute approximate surface area is 223 Å². The first-order valence-corrected chi connectivity index (χ1v) is 13.5. The van der Waals surface area contributed by atoms with Crippen LogP contribution in [0.15, 0.2) is 112 Å². The van der Waals surface area contributed by atoms with Crippen molar-refractivity contribution in [2.24, 2.45) is 0 Å². The number of para-hydroxylation sites is 3. The summed E-state index contributed by atoms with van der Waals surface area (Å²) >= 11 is 9.62. The van der Waals surface area contributed by atoms with Gasteiger partial charge in [-0.3, -0.25) is 4.79 Å². The molecule has 0 saturated carbocycles. The van der Waals surface area contributed by atoms with Crippen molar-refractivity contribution in [1.29, 1.82) is 0 Å². The minimum atomic E-state index is -4.02. The summed E-state index contributed by atoms with van der Waals surface area (Å²) in [6, 6.07) is 29.3. The van der Waals surface area contributed by atoms with Crippen LogP contribution in [0, 0.1) is 0 Å². The SMILES string of the molecule is O=C(CN(Cc1ccccc1Cl)S(=O)(=O)c1ccc(Br)cc1)Nc1ccccc1Oc1ccccc1. The van der Waals surface area contributed by atoms with E-state index in [0.29, 0.717) is 27.8 Å². The third-order valence-corrected chi connectivity index (χ3v) is 7.91. The van der Waals surface area contributed by atoms with Crippen molar-refractivity contribution in [2.75, 3.05) is 11.9 Å². The number of nitrogens with one attached hydrogen (secondary N) is 1. The molecule has 0 radical (unpaired) electrons. The second-order valence-electron chi connectivity index (χ2n) is 7.78. The minimum Gasteiger partial charge on any atom is -0.455 e. The van der Waals surface area contributed by atoms with Crippen LogP contribution in [-0.2, 0) is 21.4 Å². The topological polar surface area (TPSA) is 75.7 Å². The molecule has 1 amide bonds. The fourth-order valence-electron chi connectivity index (χ4n) is 3.42. The van der Waals surface area contributed by atoms with E-state index >= 15 is 0 Å². The maximum Gasteiger partial charge on any atom is 0.243 e. The van der Waals surface area contributed by atoms with Gasteiger partial charge in [-0.1, -0.05) is 76.1 Å². The third kappa shape index (κ3) is 6.53. The molecule has 6 nitrogen and oxygen atoms in total. The van der Waals surface area contributed by atoms with Crippen LogP contribution in [0.1, 0.15) is 5.56 Å². The van der Waals surface area contributed by atoms with Crippen molar-refractivity contribution in [3.05, 3.63) is 118 Å². The van der Waals surface area contributed by atoms with E-state index in [1.807, 2.05) is 18.2 Å². The van der Waals surface area contributed by atoms with E-state index in [1.165, 1.54) is 12.1 Å². The van der Waals surface area contributed by atoms with E-state index in [9.17, 15) is 13.2 Å². The Kier molecular flexibility index (Phi) is 8.43. The summed E-state index contributed by atoms with van der Waals surface area (Å²) < 4.78 is 34.8. The van der Waals surface area contributed by atoms with Gasteiger partial charge in [0, 0.05) is 16.0 Å². The average molecular weight is 586 g/mol. The standard InChI is InChI=1S/C27H22BrClN2O4S/c28-21-14-16-23(17-15-21)36(33,34)31(18-20-8-4-5-11-24(20)29)19-27(32)30-25-12-6-7-13-26(25)35-22-9-2-1-3-10-22/h1-17H,18-19H2,(H,30,32). The smallest absolute Gasteiger partial charge is 0.243 e. The Morgan fingerprint density at radius 2 is 1.50 bits per heavy atom. The molecule has 0 atom stereocenters. The molecule has 4 aromatic rings.